The Morgan fingerprint density at radius 2 is 2.13 bits per heavy atom. The third-order valence-electron chi connectivity index (χ3n) is 2.35. The van der Waals surface area contributed by atoms with Crippen molar-refractivity contribution in [3.63, 3.8) is 0 Å². The van der Waals surface area contributed by atoms with Crippen LogP contribution >= 0.6 is 0 Å². The molecule has 0 bridgehead atoms. The summed E-state index contributed by atoms with van der Waals surface area (Å²) >= 11 is 0. The van der Waals surface area contributed by atoms with Gasteiger partial charge in [-0.2, -0.15) is 0 Å². The number of rotatable bonds is 5. The molecule has 0 aliphatic rings. The Hall–Kier alpha value is -1.35. The van der Waals surface area contributed by atoms with Crippen LogP contribution < -0.4 is 10.5 Å². The summed E-state index contributed by atoms with van der Waals surface area (Å²) in [6.07, 6.45) is 1.18. The van der Waals surface area contributed by atoms with E-state index >= 15 is 0 Å². The molecule has 0 saturated heterocycles. The smallest absolute Gasteiger partial charge is 0.129 e. The topological polar surface area (TPSA) is 52.3 Å². The van der Waals surface area contributed by atoms with Gasteiger partial charge >= 0.3 is 0 Å². The Labute approximate surface area is 90.2 Å². The standard InChI is InChI=1S/C12H17NO2/c1-9(14)7-8-11(13)10-5-3-4-6-12(10)15-2/h3-6,11H,7-8,13H2,1-2H3. The Bertz CT molecular complexity index is 336. The molecule has 3 heteroatoms. The summed E-state index contributed by atoms with van der Waals surface area (Å²) in [4.78, 5) is 10.8. The molecule has 0 aliphatic carbocycles. The molecule has 0 fully saturated rings. The van der Waals surface area contributed by atoms with Crippen molar-refractivity contribution in [2.45, 2.75) is 25.8 Å². The predicted octanol–water partition coefficient (Wildman–Crippen LogP) is 2.06. The van der Waals surface area contributed by atoms with E-state index in [4.69, 9.17) is 10.5 Å². The van der Waals surface area contributed by atoms with E-state index in [1.807, 2.05) is 24.3 Å². The number of benzene rings is 1. The number of carbonyl (C=O) groups is 1. The van der Waals surface area contributed by atoms with Crippen molar-refractivity contribution in [3.05, 3.63) is 29.8 Å². The van der Waals surface area contributed by atoms with Gasteiger partial charge in [0.2, 0.25) is 0 Å². The average molecular weight is 207 g/mol. The maximum atomic E-state index is 10.8. The molecule has 0 radical (unpaired) electrons. The van der Waals surface area contributed by atoms with E-state index in [-0.39, 0.29) is 11.8 Å². The van der Waals surface area contributed by atoms with Gasteiger partial charge in [0.05, 0.1) is 7.11 Å². The fourth-order valence-corrected chi connectivity index (χ4v) is 1.49. The van der Waals surface area contributed by atoms with Gasteiger partial charge in [0.15, 0.2) is 0 Å². The number of ketones is 1. The van der Waals surface area contributed by atoms with Crippen LogP contribution in [0.2, 0.25) is 0 Å². The predicted molar refractivity (Wildman–Crippen MR) is 59.8 cm³/mol. The third kappa shape index (κ3) is 3.36. The number of hydrogen-bond acceptors (Lipinski definition) is 3. The first-order valence-corrected chi connectivity index (χ1v) is 5.03. The first-order chi connectivity index (χ1) is 7.15. The normalized spacial score (nSPS) is 12.2. The highest BCUT2D eigenvalue weighted by Crippen LogP contribution is 2.25. The van der Waals surface area contributed by atoms with E-state index in [0.717, 1.165) is 11.3 Å². The van der Waals surface area contributed by atoms with Crippen LogP contribution in [-0.4, -0.2) is 12.9 Å². The lowest BCUT2D eigenvalue weighted by Crippen LogP contribution is -2.12. The number of para-hydroxylation sites is 1. The average Bonchev–Trinajstić information content (AvgIpc) is 2.25. The van der Waals surface area contributed by atoms with E-state index < -0.39 is 0 Å². The molecule has 82 valence electrons. The number of Topliss-reactive ketones (excluding diaryl/α,β-unsaturated/α-hetero) is 1. The van der Waals surface area contributed by atoms with Crippen molar-refractivity contribution >= 4 is 5.78 Å². The fraction of sp³-hybridized carbons (Fsp3) is 0.417. The highest BCUT2D eigenvalue weighted by Gasteiger charge is 2.11. The Morgan fingerprint density at radius 1 is 1.47 bits per heavy atom. The quantitative estimate of drug-likeness (QED) is 0.804. The van der Waals surface area contributed by atoms with E-state index in [1.54, 1.807) is 14.0 Å². The number of ether oxygens (including phenoxy) is 1. The summed E-state index contributed by atoms with van der Waals surface area (Å²) in [7, 11) is 1.62. The zero-order chi connectivity index (χ0) is 11.3. The highest BCUT2D eigenvalue weighted by molar-refractivity contribution is 5.75. The maximum Gasteiger partial charge on any atom is 0.129 e. The molecule has 1 unspecified atom stereocenters. The lowest BCUT2D eigenvalue weighted by molar-refractivity contribution is -0.117. The first kappa shape index (κ1) is 11.7. The van der Waals surface area contributed by atoms with Crippen LogP contribution in [0.1, 0.15) is 31.4 Å². The van der Waals surface area contributed by atoms with Crippen LogP contribution in [0.15, 0.2) is 24.3 Å². The SMILES string of the molecule is COc1ccccc1C(N)CCC(C)=O. The van der Waals surface area contributed by atoms with Gasteiger partial charge in [-0.25, -0.2) is 0 Å². The summed E-state index contributed by atoms with van der Waals surface area (Å²) in [6.45, 7) is 1.58. The molecule has 0 spiro atoms. The Morgan fingerprint density at radius 3 is 2.73 bits per heavy atom. The summed E-state index contributed by atoms with van der Waals surface area (Å²) < 4.78 is 5.21. The molecule has 0 aliphatic heterocycles. The van der Waals surface area contributed by atoms with Gasteiger partial charge < -0.3 is 15.3 Å². The molecule has 0 heterocycles. The summed E-state index contributed by atoms with van der Waals surface area (Å²) in [5, 5.41) is 0. The zero-order valence-electron chi connectivity index (χ0n) is 9.19. The van der Waals surface area contributed by atoms with Crippen LogP contribution in [0.5, 0.6) is 5.75 Å². The van der Waals surface area contributed by atoms with Gasteiger partial charge in [0.25, 0.3) is 0 Å². The zero-order valence-corrected chi connectivity index (χ0v) is 9.19. The van der Waals surface area contributed by atoms with Gasteiger partial charge in [0.1, 0.15) is 11.5 Å². The van der Waals surface area contributed by atoms with Gasteiger partial charge in [-0.05, 0) is 19.4 Å². The minimum Gasteiger partial charge on any atom is -0.496 e. The van der Waals surface area contributed by atoms with Gasteiger partial charge in [-0.15, -0.1) is 0 Å². The minimum absolute atomic E-state index is 0.134. The molecule has 3 nitrogen and oxygen atoms in total. The summed E-state index contributed by atoms with van der Waals surface area (Å²) in [5.41, 5.74) is 6.95. The van der Waals surface area contributed by atoms with E-state index in [2.05, 4.69) is 0 Å². The van der Waals surface area contributed by atoms with Crippen molar-refractivity contribution < 1.29 is 9.53 Å². The first-order valence-electron chi connectivity index (χ1n) is 5.03. The summed E-state index contributed by atoms with van der Waals surface area (Å²) in [5.74, 6) is 0.953. The lowest BCUT2D eigenvalue weighted by Gasteiger charge is -2.14. The second-order valence-electron chi connectivity index (χ2n) is 3.59. The van der Waals surface area contributed by atoms with Crippen molar-refractivity contribution in [2.24, 2.45) is 5.73 Å². The molecule has 1 aromatic rings. The molecule has 1 aromatic carbocycles. The second-order valence-corrected chi connectivity index (χ2v) is 3.59. The number of hydrogen-bond donors (Lipinski definition) is 1. The van der Waals surface area contributed by atoms with E-state index in [0.29, 0.717) is 12.8 Å². The molecule has 1 atom stereocenters. The molecule has 1 rings (SSSR count). The number of carbonyl (C=O) groups excluding carboxylic acids is 1. The molecular weight excluding hydrogens is 190 g/mol. The van der Waals surface area contributed by atoms with Crippen LogP contribution in [-0.2, 0) is 4.79 Å². The van der Waals surface area contributed by atoms with Crippen LogP contribution in [0.3, 0.4) is 0 Å². The highest BCUT2D eigenvalue weighted by atomic mass is 16.5. The van der Waals surface area contributed by atoms with Crippen molar-refractivity contribution in [1.29, 1.82) is 0 Å². The van der Waals surface area contributed by atoms with Gasteiger partial charge in [-0.3, -0.25) is 0 Å². The van der Waals surface area contributed by atoms with Crippen LogP contribution in [0, 0.1) is 0 Å². The Kier molecular flexibility index (Phi) is 4.31. The van der Waals surface area contributed by atoms with Crippen LogP contribution in [0.4, 0.5) is 0 Å². The minimum atomic E-state index is -0.134. The molecule has 15 heavy (non-hydrogen) atoms. The number of methoxy groups -OCH3 is 1. The molecule has 2 N–H and O–H groups in total. The molecular formula is C12H17NO2. The lowest BCUT2D eigenvalue weighted by atomic mass is 10.0. The molecule has 0 aromatic heterocycles. The molecule has 0 amide bonds. The van der Waals surface area contributed by atoms with Gasteiger partial charge in [-0.1, -0.05) is 18.2 Å². The third-order valence-corrected chi connectivity index (χ3v) is 2.35. The van der Waals surface area contributed by atoms with Crippen molar-refractivity contribution in [1.82, 2.24) is 0 Å². The van der Waals surface area contributed by atoms with Crippen molar-refractivity contribution in [3.8, 4) is 5.75 Å². The van der Waals surface area contributed by atoms with Crippen LogP contribution in [0.25, 0.3) is 0 Å². The molecule has 0 saturated carbocycles. The largest absolute Gasteiger partial charge is 0.496 e. The monoisotopic (exact) mass is 207 g/mol. The summed E-state index contributed by atoms with van der Waals surface area (Å²) in [6, 6.07) is 7.50. The van der Waals surface area contributed by atoms with Crippen molar-refractivity contribution in [2.75, 3.05) is 7.11 Å². The van der Waals surface area contributed by atoms with E-state index in [1.165, 1.54) is 0 Å². The van der Waals surface area contributed by atoms with Gasteiger partial charge in [0, 0.05) is 18.0 Å². The van der Waals surface area contributed by atoms with E-state index in [9.17, 15) is 4.79 Å². The maximum absolute atomic E-state index is 10.8. The second kappa shape index (κ2) is 5.51. The Balaban J connectivity index is 2.72. The fourth-order valence-electron chi connectivity index (χ4n) is 1.49. The number of nitrogens with two attached hydrogens (primary N) is 1.